The van der Waals surface area contributed by atoms with E-state index in [4.69, 9.17) is 16.3 Å². The van der Waals surface area contributed by atoms with E-state index in [0.717, 1.165) is 16.5 Å². The molecule has 0 aliphatic heterocycles. The molecule has 0 N–H and O–H groups in total. The van der Waals surface area contributed by atoms with Gasteiger partial charge in [-0.2, -0.15) is 9.78 Å². The highest BCUT2D eigenvalue weighted by Gasteiger charge is 2.17. The number of nitro groups is 1. The van der Waals surface area contributed by atoms with Crippen LogP contribution >= 0.6 is 27.5 Å². The molecule has 0 amide bonds. The van der Waals surface area contributed by atoms with Crippen LogP contribution in [0.25, 0.3) is 10.9 Å². The minimum atomic E-state index is -0.499. The fourth-order valence-electron chi connectivity index (χ4n) is 3.55. The van der Waals surface area contributed by atoms with E-state index in [0.29, 0.717) is 33.1 Å². The molecule has 0 aliphatic rings. The Kier molecular flexibility index (Phi) is 7.81. The van der Waals surface area contributed by atoms with Crippen LogP contribution in [0.4, 0.5) is 5.69 Å². The van der Waals surface area contributed by atoms with Crippen LogP contribution in [-0.2, 0) is 6.61 Å². The van der Waals surface area contributed by atoms with E-state index < -0.39 is 4.92 Å². The molecule has 4 aromatic rings. The minimum Gasteiger partial charge on any atom is -0.488 e. The molecule has 0 bridgehead atoms. The second kappa shape index (κ2) is 11.0. The lowest BCUT2D eigenvalue weighted by molar-refractivity contribution is -0.384. The van der Waals surface area contributed by atoms with Gasteiger partial charge in [0.1, 0.15) is 18.2 Å². The molecule has 3 aromatic carbocycles. The Balaban J connectivity index is 1.80. The van der Waals surface area contributed by atoms with Gasteiger partial charge in [-0.15, -0.1) is 0 Å². The lowest BCUT2D eigenvalue weighted by atomic mass is 10.1. The second-order valence-electron chi connectivity index (χ2n) is 8.16. The zero-order valence-electron chi connectivity index (χ0n) is 19.5. The summed E-state index contributed by atoms with van der Waals surface area (Å²) in [5, 5.41) is 16.8. The molecule has 0 saturated heterocycles. The predicted octanol–water partition coefficient (Wildman–Crippen LogP) is 6.70. The number of fused-ring (bicyclic) bond motifs is 1. The maximum Gasteiger partial charge on any atom is 0.282 e. The largest absolute Gasteiger partial charge is 0.488 e. The Bertz CT molecular complexity index is 1540. The summed E-state index contributed by atoms with van der Waals surface area (Å²) >= 11 is 9.63. The topological polar surface area (TPSA) is 99.6 Å². The van der Waals surface area contributed by atoms with Gasteiger partial charge in [0.15, 0.2) is 0 Å². The Morgan fingerprint density at radius 2 is 2.00 bits per heavy atom. The van der Waals surface area contributed by atoms with Gasteiger partial charge in [-0.25, -0.2) is 4.98 Å². The summed E-state index contributed by atoms with van der Waals surface area (Å²) in [7, 11) is 0. The molecule has 0 saturated carbocycles. The zero-order valence-corrected chi connectivity index (χ0v) is 21.9. The fraction of sp³-hybridized carbons (Fsp3) is 0.192. The quantitative estimate of drug-likeness (QED) is 0.134. The number of ether oxygens (including phenoxy) is 1. The number of aromatic nitrogens is 2. The van der Waals surface area contributed by atoms with E-state index in [1.165, 1.54) is 29.1 Å². The van der Waals surface area contributed by atoms with Crippen molar-refractivity contribution in [3.8, 4) is 5.75 Å². The molecule has 1 aromatic heterocycles. The highest BCUT2D eigenvalue weighted by molar-refractivity contribution is 9.10. The molecule has 36 heavy (non-hydrogen) atoms. The van der Waals surface area contributed by atoms with Crippen molar-refractivity contribution in [2.24, 2.45) is 5.10 Å². The van der Waals surface area contributed by atoms with Crippen molar-refractivity contribution in [1.82, 2.24) is 9.66 Å². The molecule has 0 unspecified atom stereocenters. The Labute approximate surface area is 220 Å². The number of non-ortho nitro benzene ring substituents is 1. The summed E-state index contributed by atoms with van der Waals surface area (Å²) in [5.41, 5.74) is 1.21. The lowest BCUT2D eigenvalue weighted by Gasteiger charge is -2.14. The molecule has 1 heterocycles. The maximum absolute atomic E-state index is 13.4. The van der Waals surface area contributed by atoms with E-state index in [2.05, 4.69) is 26.0 Å². The van der Waals surface area contributed by atoms with E-state index in [1.807, 2.05) is 38.1 Å². The average Bonchev–Trinajstić information content (AvgIpc) is 2.87. The summed E-state index contributed by atoms with van der Waals surface area (Å²) < 4.78 is 7.93. The molecule has 0 fully saturated rings. The van der Waals surface area contributed by atoms with Crippen LogP contribution in [0.3, 0.4) is 0 Å². The van der Waals surface area contributed by atoms with Gasteiger partial charge >= 0.3 is 0 Å². The van der Waals surface area contributed by atoms with Crippen molar-refractivity contribution in [2.45, 2.75) is 32.8 Å². The number of hydrogen-bond acceptors (Lipinski definition) is 6. The van der Waals surface area contributed by atoms with E-state index in [-0.39, 0.29) is 23.8 Å². The fourth-order valence-corrected chi connectivity index (χ4v) is 4.10. The zero-order chi connectivity index (χ0) is 25.8. The number of rotatable bonds is 8. The van der Waals surface area contributed by atoms with Crippen molar-refractivity contribution in [3.63, 3.8) is 0 Å². The molecular formula is C26H22BrClN4O4. The van der Waals surface area contributed by atoms with E-state index >= 15 is 0 Å². The number of halogens is 2. The second-order valence-corrected chi connectivity index (χ2v) is 9.48. The van der Waals surface area contributed by atoms with Gasteiger partial charge in [0.2, 0.25) is 0 Å². The third-order valence-electron chi connectivity index (χ3n) is 5.74. The normalized spacial score (nSPS) is 12.2. The van der Waals surface area contributed by atoms with Crippen LogP contribution < -0.4 is 10.3 Å². The highest BCUT2D eigenvalue weighted by Crippen LogP contribution is 2.26. The van der Waals surface area contributed by atoms with E-state index in [9.17, 15) is 14.9 Å². The van der Waals surface area contributed by atoms with Crippen LogP contribution in [-0.4, -0.2) is 20.8 Å². The van der Waals surface area contributed by atoms with Crippen LogP contribution in [0.1, 0.15) is 43.1 Å². The molecule has 0 aliphatic carbocycles. The molecule has 1 atom stereocenters. The molecule has 10 heteroatoms. The molecule has 4 rings (SSSR count). The highest BCUT2D eigenvalue weighted by atomic mass is 79.9. The van der Waals surface area contributed by atoms with Crippen LogP contribution in [0.15, 0.2) is 75.0 Å². The van der Waals surface area contributed by atoms with Gasteiger partial charge in [-0.1, -0.05) is 59.6 Å². The summed E-state index contributed by atoms with van der Waals surface area (Å²) in [6.07, 6.45) is 2.13. The van der Waals surface area contributed by atoms with Gasteiger partial charge in [0.05, 0.1) is 22.0 Å². The molecule has 0 spiro atoms. The van der Waals surface area contributed by atoms with Crippen molar-refractivity contribution < 1.29 is 9.66 Å². The first-order chi connectivity index (χ1) is 17.3. The van der Waals surface area contributed by atoms with Crippen LogP contribution in [0.2, 0.25) is 5.02 Å². The summed E-state index contributed by atoms with van der Waals surface area (Å²) in [6, 6.07) is 16.8. The first-order valence-corrected chi connectivity index (χ1v) is 12.4. The summed E-state index contributed by atoms with van der Waals surface area (Å²) in [4.78, 5) is 29.0. The standard InChI is InChI=1S/C26H22BrClN4O4/c1-3-16(2)25-30-23-10-8-19(27)13-21(23)26(33)31(25)29-14-18-12-20(32(34)35)9-11-24(18)36-15-17-6-4-5-7-22(17)28/h4-14,16H,3,15H2,1-2H3/t16-/m0/s1. The van der Waals surface area contributed by atoms with E-state index in [1.54, 1.807) is 18.2 Å². The Morgan fingerprint density at radius 1 is 1.22 bits per heavy atom. The molecule has 184 valence electrons. The van der Waals surface area contributed by atoms with Crippen molar-refractivity contribution in [1.29, 1.82) is 0 Å². The molecule has 8 nitrogen and oxygen atoms in total. The molecular weight excluding hydrogens is 548 g/mol. The average molecular weight is 570 g/mol. The monoisotopic (exact) mass is 568 g/mol. The third-order valence-corrected chi connectivity index (χ3v) is 6.61. The van der Waals surface area contributed by atoms with Crippen LogP contribution in [0, 0.1) is 10.1 Å². The summed E-state index contributed by atoms with van der Waals surface area (Å²) in [6.45, 7) is 4.11. The Morgan fingerprint density at radius 3 is 2.72 bits per heavy atom. The SMILES string of the molecule is CC[C@H](C)c1nc2ccc(Br)cc2c(=O)n1N=Cc1cc([N+](=O)[O-])ccc1OCc1ccccc1Cl. The van der Waals surface area contributed by atoms with Gasteiger partial charge in [0, 0.05) is 38.7 Å². The number of hydrogen-bond donors (Lipinski definition) is 0. The number of nitro benzene ring substituents is 1. The minimum absolute atomic E-state index is 0.0519. The molecule has 0 radical (unpaired) electrons. The van der Waals surface area contributed by atoms with Gasteiger partial charge in [-0.05, 0) is 36.8 Å². The predicted molar refractivity (Wildman–Crippen MR) is 144 cm³/mol. The smallest absolute Gasteiger partial charge is 0.282 e. The van der Waals surface area contributed by atoms with Crippen LogP contribution in [0.5, 0.6) is 5.75 Å². The third kappa shape index (κ3) is 5.47. The lowest BCUT2D eigenvalue weighted by Crippen LogP contribution is -2.23. The van der Waals surface area contributed by atoms with Crippen molar-refractivity contribution in [2.75, 3.05) is 0 Å². The number of nitrogens with zero attached hydrogens (tertiary/aromatic N) is 4. The van der Waals surface area contributed by atoms with Gasteiger partial charge < -0.3 is 4.74 Å². The Hall–Kier alpha value is -3.56. The first kappa shape index (κ1) is 25.5. The first-order valence-electron chi connectivity index (χ1n) is 11.2. The maximum atomic E-state index is 13.4. The van der Waals surface area contributed by atoms with Gasteiger partial charge in [0.25, 0.3) is 11.2 Å². The number of benzene rings is 3. The van der Waals surface area contributed by atoms with Gasteiger partial charge in [-0.3, -0.25) is 14.9 Å². The summed E-state index contributed by atoms with van der Waals surface area (Å²) in [5.74, 6) is 0.806. The van der Waals surface area contributed by atoms with Crippen molar-refractivity contribution in [3.05, 3.63) is 108 Å². The van der Waals surface area contributed by atoms with Crippen molar-refractivity contribution >= 4 is 50.3 Å².